The first-order chi connectivity index (χ1) is 13.0. The number of pyridine rings is 1. The smallest absolute Gasteiger partial charge is 0.238 e. The molecule has 3 rings (SSSR count). The summed E-state index contributed by atoms with van der Waals surface area (Å²) in [6.45, 7) is 0. The normalized spacial score (nSPS) is 11.7. The van der Waals surface area contributed by atoms with Gasteiger partial charge < -0.3 is 10.4 Å². The number of thiocarbonyl (C=S) groups is 1. The third kappa shape index (κ3) is 4.45. The van der Waals surface area contributed by atoms with Crippen LogP contribution < -0.4 is 15.0 Å². The molecule has 1 heterocycles. The van der Waals surface area contributed by atoms with E-state index in [-0.39, 0.29) is 27.0 Å². The van der Waals surface area contributed by atoms with E-state index in [4.69, 9.17) is 35.4 Å². The molecule has 1 N–H and O–H groups in total. The van der Waals surface area contributed by atoms with E-state index in [9.17, 15) is 9.50 Å². The van der Waals surface area contributed by atoms with Gasteiger partial charge in [0.15, 0.2) is 17.4 Å². The summed E-state index contributed by atoms with van der Waals surface area (Å²) in [5, 5.41) is 16.6. The summed E-state index contributed by atoms with van der Waals surface area (Å²) >= 11 is 17.6. The van der Waals surface area contributed by atoms with Crippen LogP contribution in [0.25, 0.3) is 11.5 Å². The summed E-state index contributed by atoms with van der Waals surface area (Å²) < 4.78 is 15.5. The van der Waals surface area contributed by atoms with Gasteiger partial charge in [0.05, 0.1) is 5.69 Å². The Morgan fingerprint density at radius 2 is 1.70 bits per heavy atom. The molecule has 7 heteroatoms. The van der Waals surface area contributed by atoms with Gasteiger partial charge in [-0.2, -0.15) is 4.57 Å². The fourth-order valence-corrected chi connectivity index (χ4v) is 3.11. The van der Waals surface area contributed by atoms with Gasteiger partial charge in [-0.3, -0.25) is 0 Å². The molecular formula is C20H13Cl2FN2OS. The van der Waals surface area contributed by atoms with Crippen LogP contribution in [-0.4, -0.2) is 4.99 Å². The van der Waals surface area contributed by atoms with E-state index in [0.29, 0.717) is 5.02 Å². The van der Waals surface area contributed by atoms with E-state index < -0.39 is 11.6 Å². The number of aromatic nitrogens is 1. The zero-order valence-corrected chi connectivity index (χ0v) is 16.2. The third-order valence-corrected chi connectivity index (χ3v) is 4.56. The predicted molar refractivity (Wildman–Crippen MR) is 109 cm³/mol. The molecule has 0 aliphatic heterocycles. The number of para-hydroxylation sites is 1. The molecule has 136 valence electrons. The van der Waals surface area contributed by atoms with Crippen molar-refractivity contribution in [2.75, 3.05) is 5.32 Å². The Balaban J connectivity index is 2.13. The highest BCUT2D eigenvalue weighted by molar-refractivity contribution is 7.81. The first-order valence-corrected chi connectivity index (χ1v) is 9.03. The molecule has 0 saturated carbocycles. The lowest BCUT2D eigenvalue weighted by Crippen LogP contribution is -2.39. The second-order valence-electron chi connectivity index (χ2n) is 5.52. The summed E-state index contributed by atoms with van der Waals surface area (Å²) in [4.78, 5) is 0.0531. The Bertz CT molecular complexity index is 1030. The summed E-state index contributed by atoms with van der Waals surface area (Å²) in [5.41, 5.74) is 0.493. The van der Waals surface area contributed by atoms with Crippen molar-refractivity contribution in [3.05, 3.63) is 94.5 Å². The summed E-state index contributed by atoms with van der Waals surface area (Å²) in [5.74, 6) is -0.918. The minimum absolute atomic E-state index is 0.0531. The number of nitrogens with one attached hydrogen (secondary N) is 1. The molecule has 0 amide bonds. The first kappa shape index (κ1) is 19.3. The van der Waals surface area contributed by atoms with E-state index >= 15 is 0 Å². The van der Waals surface area contributed by atoms with Crippen molar-refractivity contribution in [1.82, 2.24) is 0 Å². The van der Waals surface area contributed by atoms with Crippen molar-refractivity contribution in [3.63, 3.8) is 0 Å². The molecule has 0 bridgehead atoms. The SMILES string of the molecule is [O-]/C(=C(\C(=S)Nc1ccccc1F)[n+]1ccccc1)c1cc(Cl)ccc1Cl. The zero-order valence-electron chi connectivity index (χ0n) is 13.8. The highest BCUT2D eigenvalue weighted by Crippen LogP contribution is 2.27. The molecular weight excluding hydrogens is 406 g/mol. The Kier molecular flexibility index (Phi) is 6.06. The van der Waals surface area contributed by atoms with E-state index in [0.717, 1.165) is 0 Å². The van der Waals surface area contributed by atoms with Gasteiger partial charge in [-0.25, -0.2) is 4.39 Å². The number of halogens is 3. The monoisotopic (exact) mass is 418 g/mol. The molecule has 0 radical (unpaired) electrons. The standard InChI is InChI=1S/C20H13Cl2FN2OS/c21-13-8-9-15(22)14(12-13)19(26)18(25-10-4-1-5-11-25)20(27)24-17-7-3-2-6-16(17)23/h1-12H,(H-,24,26,27). The minimum atomic E-state index is -0.481. The fraction of sp³-hybridized carbons (Fsp3) is 0. The largest absolute Gasteiger partial charge is 0.867 e. The lowest BCUT2D eigenvalue weighted by atomic mass is 10.1. The number of nitrogens with zero attached hydrogens (tertiary/aromatic N) is 1. The number of rotatable bonds is 4. The van der Waals surface area contributed by atoms with Gasteiger partial charge in [0.1, 0.15) is 5.82 Å². The molecule has 0 spiro atoms. The topological polar surface area (TPSA) is 39.0 Å². The number of benzene rings is 2. The Labute approximate surface area is 171 Å². The highest BCUT2D eigenvalue weighted by Gasteiger charge is 2.20. The molecule has 0 unspecified atom stereocenters. The fourth-order valence-electron chi connectivity index (χ4n) is 2.43. The van der Waals surface area contributed by atoms with Gasteiger partial charge >= 0.3 is 0 Å². The molecule has 0 aliphatic carbocycles. The summed E-state index contributed by atoms with van der Waals surface area (Å²) in [7, 11) is 0. The van der Waals surface area contributed by atoms with Gasteiger partial charge in [0.25, 0.3) is 0 Å². The van der Waals surface area contributed by atoms with Gasteiger partial charge in [0, 0.05) is 22.2 Å². The van der Waals surface area contributed by atoms with E-state index in [1.165, 1.54) is 24.3 Å². The van der Waals surface area contributed by atoms with E-state index in [2.05, 4.69) is 5.32 Å². The number of hydrogen-bond donors (Lipinski definition) is 1. The van der Waals surface area contributed by atoms with Crippen molar-refractivity contribution in [2.24, 2.45) is 0 Å². The molecule has 0 saturated heterocycles. The maximum absolute atomic E-state index is 14.0. The summed E-state index contributed by atoms with van der Waals surface area (Å²) in [6.07, 6.45) is 3.34. The molecule has 1 aromatic heterocycles. The molecule has 3 aromatic rings. The Morgan fingerprint density at radius 3 is 2.41 bits per heavy atom. The van der Waals surface area contributed by atoms with E-state index in [1.807, 2.05) is 0 Å². The van der Waals surface area contributed by atoms with Crippen LogP contribution in [0.1, 0.15) is 5.56 Å². The van der Waals surface area contributed by atoms with Crippen LogP contribution >= 0.6 is 35.4 Å². The molecule has 3 nitrogen and oxygen atoms in total. The van der Waals surface area contributed by atoms with Crippen LogP contribution in [0.2, 0.25) is 10.0 Å². The molecule has 0 fully saturated rings. The third-order valence-electron chi connectivity index (χ3n) is 3.70. The van der Waals surface area contributed by atoms with Crippen molar-refractivity contribution >= 4 is 57.6 Å². The molecule has 27 heavy (non-hydrogen) atoms. The lowest BCUT2D eigenvalue weighted by molar-refractivity contribution is -0.577. The van der Waals surface area contributed by atoms with E-state index in [1.54, 1.807) is 53.4 Å². The quantitative estimate of drug-likeness (QED) is 0.292. The van der Waals surface area contributed by atoms with Crippen LogP contribution in [0.3, 0.4) is 0 Å². The van der Waals surface area contributed by atoms with Gasteiger partial charge in [-0.15, -0.1) is 0 Å². The van der Waals surface area contributed by atoms with Crippen molar-refractivity contribution < 1.29 is 14.1 Å². The summed E-state index contributed by atoms with van der Waals surface area (Å²) in [6, 6.07) is 16.0. The number of anilines is 1. The van der Waals surface area contributed by atoms with Gasteiger partial charge in [0.2, 0.25) is 5.70 Å². The second-order valence-corrected chi connectivity index (χ2v) is 6.77. The van der Waals surface area contributed by atoms with Crippen molar-refractivity contribution in [3.8, 4) is 0 Å². The zero-order chi connectivity index (χ0) is 19.4. The lowest BCUT2D eigenvalue weighted by Gasteiger charge is -2.18. The minimum Gasteiger partial charge on any atom is -0.867 e. The van der Waals surface area contributed by atoms with Crippen LogP contribution in [0.5, 0.6) is 0 Å². The predicted octanol–water partition coefficient (Wildman–Crippen LogP) is 4.55. The Morgan fingerprint density at radius 1 is 1.00 bits per heavy atom. The highest BCUT2D eigenvalue weighted by atomic mass is 35.5. The maximum Gasteiger partial charge on any atom is 0.238 e. The maximum atomic E-state index is 14.0. The average Bonchev–Trinajstić information content (AvgIpc) is 2.66. The van der Waals surface area contributed by atoms with Gasteiger partial charge in [-0.1, -0.05) is 53.6 Å². The molecule has 0 atom stereocenters. The second kappa shape index (κ2) is 8.48. The van der Waals surface area contributed by atoms with Crippen LogP contribution in [0.15, 0.2) is 73.1 Å². The van der Waals surface area contributed by atoms with Crippen LogP contribution in [-0.2, 0) is 0 Å². The first-order valence-electron chi connectivity index (χ1n) is 7.86. The molecule has 2 aromatic carbocycles. The van der Waals surface area contributed by atoms with Crippen LogP contribution in [0.4, 0.5) is 10.1 Å². The van der Waals surface area contributed by atoms with Crippen molar-refractivity contribution in [2.45, 2.75) is 0 Å². The number of hydrogen-bond acceptors (Lipinski definition) is 2. The average molecular weight is 419 g/mol. The van der Waals surface area contributed by atoms with Gasteiger partial charge in [-0.05, 0) is 41.7 Å². The van der Waals surface area contributed by atoms with Crippen LogP contribution in [0, 0.1) is 5.82 Å². The molecule has 0 aliphatic rings. The Hall–Kier alpha value is -2.47. The van der Waals surface area contributed by atoms with Crippen molar-refractivity contribution in [1.29, 1.82) is 0 Å².